The molecule has 1 aromatic rings. The van der Waals surface area contributed by atoms with Crippen molar-refractivity contribution in [1.29, 1.82) is 0 Å². The average molecular weight is 391 g/mol. The monoisotopic (exact) mass is 390 g/mol. The summed E-state index contributed by atoms with van der Waals surface area (Å²) in [7, 11) is 1.65. The van der Waals surface area contributed by atoms with E-state index in [2.05, 4.69) is 23.5 Å². The summed E-state index contributed by atoms with van der Waals surface area (Å²) in [5, 5.41) is 3.13. The maximum Gasteiger partial charge on any atom is 0.224 e. The van der Waals surface area contributed by atoms with Crippen LogP contribution in [0.2, 0.25) is 0 Å². The lowest BCUT2D eigenvalue weighted by Crippen LogP contribution is -2.46. The van der Waals surface area contributed by atoms with Crippen molar-refractivity contribution in [3.8, 4) is 5.75 Å². The van der Waals surface area contributed by atoms with Crippen molar-refractivity contribution in [3.05, 3.63) is 54.1 Å². The first-order valence-electron chi connectivity index (χ1n) is 8.68. The van der Waals surface area contributed by atoms with Gasteiger partial charge in [0.2, 0.25) is 5.91 Å². The molecule has 1 saturated heterocycles. The molecule has 3 atom stereocenters. The van der Waals surface area contributed by atoms with Crippen molar-refractivity contribution >= 4 is 35.8 Å². The van der Waals surface area contributed by atoms with Gasteiger partial charge in [0, 0.05) is 18.8 Å². The van der Waals surface area contributed by atoms with Crippen molar-refractivity contribution in [2.75, 3.05) is 19.4 Å². The highest BCUT2D eigenvalue weighted by molar-refractivity contribution is 8.02. The summed E-state index contributed by atoms with van der Waals surface area (Å²) in [6.45, 7) is 1.35. The second-order valence-corrected chi connectivity index (χ2v) is 7.96. The van der Waals surface area contributed by atoms with Crippen molar-refractivity contribution in [1.82, 2.24) is 5.32 Å². The average Bonchev–Trinajstić information content (AvgIpc) is 3.04. The Morgan fingerprint density at radius 3 is 3.15 bits per heavy atom. The summed E-state index contributed by atoms with van der Waals surface area (Å²) in [6, 6.07) is 7.83. The Bertz CT molecular complexity index is 777. The van der Waals surface area contributed by atoms with E-state index in [1.54, 1.807) is 7.11 Å². The largest absolute Gasteiger partial charge is 0.497 e. The Morgan fingerprint density at radius 2 is 2.31 bits per heavy atom. The van der Waals surface area contributed by atoms with E-state index >= 15 is 0 Å². The van der Waals surface area contributed by atoms with Crippen LogP contribution in [0.1, 0.15) is 12.0 Å². The maximum absolute atomic E-state index is 12.9. The molecule has 2 aliphatic heterocycles. The molecule has 0 radical (unpaired) electrons. The zero-order valence-electron chi connectivity index (χ0n) is 14.7. The molecule has 1 aromatic carbocycles. The molecule has 2 heterocycles. The third-order valence-electron chi connectivity index (χ3n) is 5.31. The number of rotatable bonds is 4. The van der Waals surface area contributed by atoms with Crippen molar-refractivity contribution in [3.63, 3.8) is 0 Å². The second-order valence-electron chi connectivity index (χ2n) is 6.66. The minimum absolute atomic E-state index is 0. The minimum atomic E-state index is -0.0923. The van der Waals surface area contributed by atoms with E-state index < -0.39 is 0 Å². The predicted molar refractivity (Wildman–Crippen MR) is 109 cm³/mol. The normalized spacial score (nSPS) is 28.4. The number of hydrogen-bond donors (Lipinski definition) is 1. The number of methoxy groups -OCH3 is 1. The third kappa shape index (κ3) is 3.30. The third-order valence-corrected chi connectivity index (χ3v) is 6.96. The molecule has 4 nitrogen and oxygen atoms in total. The number of amides is 1. The van der Waals surface area contributed by atoms with E-state index in [1.165, 1.54) is 0 Å². The van der Waals surface area contributed by atoms with Gasteiger partial charge in [-0.05, 0) is 36.1 Å². The van der Waals surface area contributed by atoms with E-state index in [4.69, 9.17) is 9.73 Å². The predicted octanol–water partition coefficient (Wildman–Crippen LogP) is 3.42. The topological polar surface area (TPSA) is 50.7 Å². The lowest BCUT2D eigenvalue weighted by molar-refractivity contribution is -0.125. The highest BCUT2D eigenvalue weighted by atomic mass is 35.5. The van der Waals surface area contributed by atoms with Crippen LogP contribution in [-0.4, -0.2) is 35.8 Å². The quantitative estimate of drug-likeness (QED) is 0.856. The molecule has 0 bridgehead atoms. The van der Waals surface area contributed by atoms with Gasteiger partial charge in [-0.15, -0.1) is 24.2 Å². The molecule has 138 valence electrons. The number of thioether (sulfide) groups is 1. The van der Waals surface area contributed by atoms with Gasteiger partial charge >= 0.3 is 0 Å². The fourth-order valence-corrected chi connectivity index (χ4v) is 5.81. The first-order valence-corrected chi connectivity index (χ1v) is 9.67. The van der Waals surface area contributed by atoms with Crippen LogP contribution in [0.15, 0.2) is 53.6 Å². The summed E-state index contributed by atoms with van der Waals surface area (Å²) in [5.74, 6) is 2.19. The summed E-state index contributed by atoms with van der Waals surface area (Å²) in [4.78, 5) is 17.6. The molecule has 4 rings (SSSR count). The van der Waals surface area contributed by atoms with Crippen LogP contribution in [0.3, 0.4) is 0 Å². The fourth-order valence-electron chi connectivity index (χ4n) is 4.02. The van der Waals surface area contributed by atoms with Gasteiger partial charge < -0.3 is 10.1 Å². The molecule has 3 unspecified atom stereocenters. The van der Waals surface area contributed by atoms with Crippen molar-refractivity contribution in [2.24, 2.45) is 16.8 Å². The number of aliphatic imine (C=N–C) groups is 1. The van der Waals surface area contributed by atoms with Crippen LogP contribution in [0.5, 0.6) is 5.75 Å². The zero-order chi connectivity index (χ0) is 17.3. The van der Waals surface area contributed by atoms with Gasteiger partial charge in [0.15, 0.2) is 0 Å². The van der Waals surface area contributed by atoms with E-state index in [1.807, 2.05) is 42.1 Å². The van der Waals surface area contributed by atoms with Gasteiger partial charge in [-0.1, -0.05) is 30.4 Å². The summed E-state index contributed by atoms with van der Waals surface area (Å²) in [5.41, 5.74) is 2.19. The minimum Gasteiger partial charge on any atom is -0.497 e. The molecule has 26 heavy (non-hydrogen) atoms. The summed E-state index contributed by atoms with van der Waals surface area (Å²) in [6.07, 6.45) is 9.47. The van der Waals surface area contributed by atoms with Gasteiger partial charge in [0.05, 0.1) is 23.5 Å². The molecule has 1 spiro atoms. The van der Waals surface area contributed by atoms with Crippen LogP contribution < -0.4 is 10.1 Å². The molecule has 1 fully saturated rings. The number of ether oxygens (including phenoxy) is 1. The van der Waals surface area contributed by atoms with Crippen LogP contribution in [0, 0.1) is 11.8 Å². The second kappa shape index (κ2) is 7.89. The number of hydrogen-bond acceptors (Lipinski definition) is 4. The van der Waals surface area contributed by atoms with Gasteiger partial charge in [0.25, 0.3) is 0 Å². The van der Waals surface area contributed by atoms with Crippen LogP contribution in [0.25, 0.3) is 0 Å². The number of nitrogens with zero attached hydrogens (tertiary/aromatic N) is 1. The Kier molecular flexibility index (Phi) is 5.78. The Hall–Kier alpha value is -1.72. The van der Waals surface area contributed by atoms with Crippen LogP contribution in [0.4, 0.5) is 0 Å². The molecule has 1 amide bonds. The molecule has 1 N–H and O–H groups in total. The molecule has 0 saturated carbocycles. The molecular formula is C20H23ClN2O2S. The number of carbonyl (C=O) groups excluding carboxylic acids is 1. The lowest BCUT2D eigenvalue weighted by atomic mass is 9.74. The number of nitrogens with one attached hydrogen (secondary N) is 1. The van der Waals surface area contributed by atoms with E-state index in [0.29, 0.717) is 12.5 Å². The number of allylic oxidation sites excluding steroid dienone is 3. The lowest BCUT2D eigenvalue weighted by Gasteiger charge is -2.38. The fraction of sp³-hybridized carbons (Fsp3) is 0.400. The number of halogens is 1. The standard InChI is InChI=1S/C20H22N2O2S.ClH/c1-24-15-6-4-5-14(11-15)12-22-19(23)16-13-25-20-9-3-2-7-18(20)21-10-8-17(16)20;/h2-7,9,11,16-17H,8,10,12-13H2,1H3,(H,22,23);1H. The van der Waals surface area contributed by atoms with Crippen LogP contribution >= 0.6 is 24.2 Å². The summed E-state index contributed by atoms with van der Waals surface area (Å²) < 4.78 is 5.15. The highest BCUT2D eigenvalue weighted by Crippen LogP contribution is 2.52. The van der Waals surface area contributed by atoms with Crippen molar-refractivity contribution < 1.29 is 9.53 Å². The number of benzene rings is 1. The van der Waals surface area contributed by atoms with Gasteiger partial charge in [0.1, 0.15) is 5.75 Å². The molecule has 0 aromatic heterocycles. The van der Waals surface area contributed by atoms with E-state index in [0.717, 1.165) is 35.7 Å². The first-order chi connectivity index (χ1) is 12.2. The number of carbonyl (C=O) groups is 1. The first kappa shape index (κ1) is 19.1. The van der Waals surface area contributed by atoms with Gasteiger partial charge in [-0.3, -0.25) is 9.79 Å². The highest BCUT2D eigenvalue weighted by Gasteiger charge is 2.53. The van der Waals surface area contributed by atoms with Crippen molar-refractivity contribution in [2.45, 2.75) is 17.7 Å². The smallest absolute Gasteiger partial charge is 0.224 e. The van der Waals surface area contributed by atoms with Crippen LogP contribution in [-0.2, 0) is 11.3 Å². The Balaban J connectivity index is 0.00000196. The van der Waals surface area contributed by atoms with Gasteiger partial charge in [-0.2, -0.15) is 0 Å². The van der Waals surface area contributed by atoms with E-state index in [-0.39, 0.29) is 29.0 Å². The molecular weight excluding hydrogens is 368 g/mol. The Morgan fingerprint density at radius 1 is 1.42 bits per heavy atom. The summed E-state index contributed by atoms with van der Waals surface area (Å²) >= 11 is 1.87. The SMILES string of the molecule is COc1cccc(CNC(=O)C2CSC34C=CC=CC3=NCCC24)c1.Cl. The van der Waals surface area contributed by atoms with Gasteiger partial charge in [-0.25, -0.2) is 0 Å². The molecule has 1 aliphatic carbocycles. The molecule has 6 heteroatoms. The zero-order valence-corrected chi connectivity index (χ0v) is 16.3. The maximum atomic E-state index is 12.9. The Labute approximate surface area is 164 Å². The molecule has 3 aliphatic rings. The van der Waals surface area contributed by atoms with E-state index in [9.17, 15) is 4.79 Å².